The van der Waals surface area contributed by atoms with Gasteiger partial charge in [0.05, 0.1) is 6.67 Å². The maximum absolute atomic E-state index is 11.7. The minimum absolute atomic E-state index is 0.142. The number of carbonyl (C=O) groups is 1. The van der Waals surface area contributed by atoms with Crippen molar-refractivity contribution in [1.82, 2.24) is 10.2 Å². The molecular weight excluding hydrogens is 276 g/mol. The van der Waals surface area contributed by atoms with Gasteiger partial charge < -0.3 is 10.4 Å². The van der Waals surface area contributed by atoms with Crippen molar-refractivity contribution in [3.8, 4) is 0 Å². The molecule has 0 unspecified atom stereocenters. The van der Waals surface area contributed by atoms with E-state index in [9.17, 15) is 4.79 Å². The molecule has 4 nitrogen and oxygen atoms in total. The Kier molecular flexibility index (Phi) is 15.8. The van der Waals surface area contributed by atoms with Crippen molar-refractivity contribution in [3.63, 3.8) is 0 Å². The Balaban J connectivity index is 3.57. The van der Waals surface area contributed by atoms with Crippen molar-refractivity contribution in [2.75, 3.05) is 26.4 Å². The number of aliphatic hydroxyl groups is 1. The van der Waals surface area contributed by atoms with Gasteiger partial charge in [0.2, 0.25) is 5.91 Å². The molecule has 2 N–H and O–H groups in total. The first kappa shape index (κ1) is 21.1. The van der Waals surface area contributed by atoms with E-state index < -0.39 is 0 Å². The first-order chi connectivity index (χ1) is 10.7. The molecule has 4 heteroatoms. The molecule has 0 atom stereocenters. The molecule has 0 saturated carbocycles. The lowest BCUT2D eigenvalue weighted by Crippen LogP contribution is -2.38. The third kappa shape index (κ3) is 14.1. The van der Waals surface area contributed by atoms with E-state index in [0.717, 1.165) is 38.8 Å². The lowest BCUT2D eigenvalue weighted by Gasteiger charge is -2.20. The standard InChI is InChI=1S/C18H36N2O2/c1-3-5-6-11-14-18(22)19-17-20(4-2)15-12-9-7-8-10-13-16-21/h5-6,21H,3-4,7-17H2,1-2H3,(H,19,22)/b6-5+. The normalized spacial score (nSPS) is 11.5. The summed E-state index contributed by atoms with van der Waals surface area (Å²) in [5.41, 5.74) is 0. The van der Waals surface area contributed by atoms with E-state index in [-0.39, 0.29) is 5.91 Å². The first-order valence-electron chi connectivity index (χ1n) is 8.99. The van der Waals surface area contributed by atoms with Gasteiger partial charge in [-0.3, -0.25) is 9.69 Å². The van der Waals surface area contributed by atoms with Crippen LogP contribution in [0, 0.1) is 0 Å². The molecule has 0 fully saturated rings. The van der Waals surface area contributed by atoms with Gasteiger partial charge in [-0.25, -0.2) is 0 Å². The third-order valence-corrected chi connectivity index (χ3v) is 3.77. The molecule has 0 aliphatic rings. The fraction of sp³-hybridized carbons (Fsp3) is 0.833. The van der Waals surface area contributed by atoms with E-state index in [1.807, 2.05) is 0 Å². The summed E-state index contributed by atoms with van der Waals surface area (Å²) < 4.78 is 0. The summed E-state index contributed by atoms with van der Waals surface area (Å²) in [6.07, 6.45) is 13.6. The van der Waals surface area contributed by atoms with E-state index >= 15 is 0 Å². The Labute approximate surface area is 137 Å². The molecule has 0 aliphatic heterocycles. The van der Waals surface area contributed by atoms with Crippen LogP contribution in [0.1, 0.15) is 71.6 Å². The highest BCUT2D eigenvalue weighted by Crippen LogP contribution is 2.05. The van der Waals surface area contributed by atoms with E-state index in [1.54, 1.807) is 0 Å². The second kappa shape index (κ2) is 16.5. The fourth-order valence-electron chi connectivity index (χ4n) is 2.29. The zero-order valence-corrected chi connectivity index (χ0v) is 14.6. The van der Waals surface area contributed by atoms with Crippen LogP contribution in [-0.2, 0) is 4.79 Å². The van der Waals surface area contributed by atoms with Crippen LogP contribution in [0.25, 0.3) is 0 Å². The number of allylic oxidation sites excluding steroid dienone is 2. The second-order valence-corrected chi connectivity index (χ2v) is 5.73. The fourth-order valence-corrected chi connectivity index (χ4v) is 2.29. The minimum atomic E-state index is 0.142. The van der Waals surface area contributed by atoms with Gasteiger partial charge in [0.15, 0.2) is 0 Å². The van der Waals surface area contributed by atoms with Gasteiger partial charge in [0.25, 0.3) is 0 Å². The Morgan fingerprint density at radius 3 is 2.36 bits per heavy atom. The minimum Gasteiger partial charge on any atom is -0.396 e. The molecule has 1 amide bonds. The quantitative estimate of drug-likeness (QED) is 0.277. The molecule has 0 saturated heterocycles. The summed E-state index contributed by atoms with van der Waals surface area (Å²) in [6, 6.07) is 0. The number of nitrogens with one attached hydrogen (secondary N) is 1. The summed E-state index contributed by atoms with van der Waals surface area (Å²) in [7, 11) is 0. The molecule has 0 aromatic carbocycles. The zero-order valence-electron chi connectivity index (χ0n) is 14.6. The SMILES string of the molecule is CC/C=C/CCC(=O)NCN(CC)CCCCCCCCO. The van der Waals surface area contributed by atoms with Crippen LogP contribution < -0.4 is 5.32 Å². The topological polar surface area (TPSA) is 52.6 Å². The number of rotatable bonds is 15. The molecule has 0 radical (unpaired) electrons. The van der Waals surface area contributed by atoms with Gasteiger partial charge in [0, 0.05) is 13.0 Å². The van der Waals surface area contributed by atoms with Crippen LogP contribution in [0.3, 0.4) is 0 Å². The molecule has 0 aromatic heterocycles. The number of nitrogens with zero attached hydrogens (tertiary/aromatic N) is 1. The van der Waals surface area contributed by atoms with E-state index in [0.29, 0.717) is 19.7 Å². The van der Waals surface area contributed by atoms with Crippen molar-refractivity contribution < 1.29 is 9.90 Å². The maximum atomic E-state index is 11.7. The largest absolute Gasteiger partial charge is 0.396 e. The number of hydrogen-bond donors (Lipinski definition) is 2. The van der Waals surface area contributed by atoms with Gasteiger partial charge in [0.1, 0.15) is 0 Å². The van der Waals surface area contributed by atoms with Crippen LogP contribution in [0.4, 0.5) is 0 Å². The van der Waals surface area contributed by atoms with Gasteiger partial charge in [-0.1, -0.05) is 51.7 Å². The highest BCUT2D eigenvalue weighted by molar-refractivity contribution is 5.75. The Morgan fingerprint density at radius 1 is 1.05 bits per heavy atom. The second-order valence-electron chi connectivity index (χ2n) is 5.73. The van der Waals surface area contributed by atoms with Crippen LogP contribution >= 0.6 is 0 Å². The molecule has 0 aromatic rings. The predicted octanol–water partition coefficient (Wildman–Crippen LogP) is 3.46. The van der Waals surface area contributed by atoms with Crippen molar-refractivity contribution in [1.29, 1.82) is 0 Å². The van der Waals surface area contributed by atoms with Crippen molar-refractivity contribution in [2.45, 2.75) is 71.6 Å². The van der Waals surface area contributed by atoms with E-state index in [1.165, 1.54) is 25.7 Å². The monoisotopic (exact) mass is 312 g/mol. The van der Waals surface area contributed by atoms with Crippen LogP contribution in [0.2, 0.25) is 0 Å². The molecule has 0 spiro atoms. The number of carbonyl (C=O) groups excluding carboxylic acids is 1. The average molecular weight is 312 g/mol. The molecule has 0 bridgehead atoms. The first-order valence-corrected chi connectivity index (χ1v) is 8.99. The van der Waals surface area contributed by atoms with Gasteiger partial charge in [-0.2, -0.15) is 0 Å². The summed E-state index contributed by atoms with van der Waals surface area (Å²) >= 11 is 0. The van der Waals surface area contributed by atoms with Gasteiger partial charge in [-0.05, 0) is 38.8 Å². The molecule has 0 aliphatic carbocycles. The maximum Gasteiger partial charge on any atom is 0.221 e. The molecule has 0 rings (SSSR count). The van der Waals surface area contributed by atoms with Crippen LogP contribution in [0.15, 0.2) is 12.2 Å². The van der Waals surface area contributed by atoms with Gasteiger partial charge >= 0.3 is 0 Å². The van der Waals surface area contributed by atoms with Crippen molar-refractivity contribution in [3.05, 3.63) is 12.2 Å². The average Bonchev–Trinajstić information content (AvgIpc) is 2.53. The Bertz CT molecular complexity index is 280. The molecule has 0 heterocycles. The summed E-state index contributed by atoms with van der Waals surface area (Å²) in [6.45, 7) is 7.24. The van der Waals surface area contributed by atoms with Gasteiger partial charge in [-0.15, -0.1) is 0 Å². The number of hydrogen-bond acceptors (Lipinski definition) is 3. The van der Waals surface area contributed by atoms with E-state index in [2.05, 4.69) is 36.2 Å². The smallest absolute Gasteiger partial charge is 0.221 e. The predicted molar refractivity (Wildman–Crippen MR) is 93.7 cm³/mol. The molecular formula is C18H36N2O2. The number of unbranched alkanes of at least 4 members (excludes halogenated alkanes) is 5. The van der Waals surface area contributed by atoms with Crippen molar-refractivity contribution >= 4 is 5.91 Å². The highest BCUT2D eigenvalue weighted by Gasteiger charge is 2.04. The lowest BCUT2D eigenvalue weighted by atomic mass is 10.1. The Morgan fingerprint density at radius 2 is 1.73 bits per heavy atom. The number of aliphatic hydroxyl groups excluding tert-OH is 1. The summed E-state index contributed by atoms with van der Waals surface area (Å²) in [4.78, 5) is 14.0. The molecule has 22 heavy (non-hydrogen) atoms. The van der Waals surface area contributed by atoms with Crippen LogP contribution in [0.5, 0.6) is 0 Å². The van der Waals surface area contributed by atoms with E-state index in [4.69, 9.17) is 5.11 Å². The third-order valence-electron chi connectivity index (χ3n) is 3.77. The van der Waals surface area contributed by atoms with Crippen LogP contribution in [-0.4, -0.2) is 42.3 Å². The highest BCUT2D eigenvalue weighted by atomic mass is 16.2. The molecule has 130 valence electrons. The zero-order chi connectivity index (χ0) is 16.5. The number of amides is 1. The Hall–Kier alpha value is -0.870. The van der Waals surface area contributed by atoms with Crippen molar-refractivity contribution in [2.24, 2.45) is 0 Å². The summed E-state index contributed by atoms with van der Waals surface area (Å²) in [5, 5.41) is 11.7. The lowest BCUT2D eigenvalue weighted by molar-refractivity contribution is -0.121. The summed E-state index contributed by atoms with van der Waals surface area (Å²) in [5.74, 6) is 0.142.